The van der Waals surface area contributed by atoms with E-state index in [4.69, 9.17) is 11.6 Å². The molecule has 0 saturated carbocycles. The third-order valence-corrected chi connectivity index (χ3v) is 4.21. The van der Waals surface area contributed by atoms with E-state index in [2.05, 4.69) is 20.8 Å². The van der Waals surface area contributed by atoms with Gasteiger partial charge in [-0.1, -0.05) is 23.7 Å². The Morgan fingerprint density at radius 1 is 1.35 bits per heavy atom. The Morgan fingerprint density at radius 3 is 2.83 bits per heavy atom. The quantitative estimate of drug-likeness (QED) is 0.773. The number of amides is 1. The molecule has 1 saturated heterocycles. The lowest BCUT2D eigenvalue weighted by molar-refractivity contribution is 0.0946. The molecule has 3 rings (SSSR count). The van der Waals surface area contributed by atoms with Crippen molar-refractivity contribution in [3.05, 3.63) is 41.0 Å². The first kappa shape index (κ1) is 17.8. The number of carbonyl (C=O) groups excluding carboxylic acids is 1. The Morgan fingerprint density at radius 2 is 2.13 bits per heavy atom. The standard InChI is InChI=1S/C16H19ClN4O.ClH/c17-13-3-1-12(2-4-13)14-9-15(21-20-14)16(22)19-8-6-11-5-7-18-10-11;/h1-4,9,11,18H,5-8,10H2,(H,19,22)(H,20,21);1H. The van der Waals surface area contributed by atoms with Gasteiger partial charge in [-0.2, -0.15) is 5.10 Å². The maximum atomic E-state index is 12.1. The number of aromatic nitrogens is 2. The van der Waals surface area contributed by atoms with Crippen LogP contribution in [0.3, 0.4) is 0 Å². The van der Waals surface area contributed by atoms with Crippen molar-refractivity contribution in [2.75, 3.05) is 19.6 Å². The fourth-order valence-electron chi connectivity index (χ4n) is 2.65. The van der Waals surface area contributed by atoms with Gasteiger partial charge in [0.05, 0.1) is 5.69 Å². The predicted octanol–water partition coefficient (Wildman–Crippen LogP) is 2.88. The van der Waals surface area contributed by atoms with Gasteiger partial charge < -0.3 is 10.6 Å². The van der Waals surface area contributed by atoms with Crippen LogP contribution in [0.25, 0.3) is 11.3 Å². The summed E-state index contributed by atoms with van der Waals surface area (Å²) in [5, 5.41) is 13.9. The molecule has 1 aromatic heterocycles. The van der Waals surface area contributed by atoms with Crippen molar-refractivity contribution < 1.29 is 4.79 Å². The lowest BCUT2D eigenvalue weighted by atomic mass is 10.1. The van der Waals surface area contributed by atoms with Gasteiger partial charge in [0.1, 0.15) is 5.69 Å². The van der Waals surface area contributed by atoms with Crippen LogP contribution in [0.2, 0.25) is 5.02 Å². The number of nitrogens with zero attached hydrogens (tertiary/aromatic N) is 1. The third-order valence-electron chi connectivity index (χ3n) is 3.96. The molecule has 1 atom stereocenters. The van der Waals surface area contributed by atoms with Gasteiger partial charge in [-0.15, -0.1) is 12.4 Å². The highest BCUT2D eigenvalue weighted by Crippen LogP contribution is 2.20. The van der Waals surface area contributed by atoms with E-state index >= 15 is 0 Å². The predicted molar refractivity (Wildman–Crippen MR) is 94.2 cm³/mol. The van der Waals surface area contributed by atoms with Crippen molar-refractivity contribution in [3.8, 4) is 11.3 Å². The molecule has 0 bridgehead atoms. The topological polar surface area (TPSA) is 69.8 Å². The minimum Gasteiger partial charge on any atom is -0.351 e. The summed E-state index contributed by atoms with van der Waals surface area (Å²) in [4.78, 5) is 12.1. The zero-order chi connectivity index (χ0) is 15.4. The highest BCUT2D eigenvalue weighted by atomic mass is 35.5. The van der Waals surface area contributed by atoms with Crippen LogP contribution in [0.4, 0.5) is 0 Å². The van der Waals surface area contributed by atoms with Crippen LogP contribution in [0, 0.1) is 5.92 Å². The summed E-state index contributed by atoms with van der Waals surface area (Å²) >= 11 is 5.87. The minimum absolute atomic E-state index is 0. The van der Waals surface area contributed by atoms with E-state index in [1.54, 1.807) is 18.2 Å². The van der Waals surface area contributed by atoms with Crippen molar-refractivity contribution in [2.24, 2.45) is 5.92 Å². The van der Waals surface area contributed by atoms with Crippen molar-refractivity contribution in [1.29, 1.82) is 0 Å². The number of hydrogen-bond acceptors (Lipinski definition) is 3. The fourth-order valence-corrected chi connectivity index (χ4v) is 2.78. The third kappa shape index (κ3) is 4.70. The van der Waals surface area contributed by atoms with Gasteiger partial charge in [-0.3, -0.25) is 9.89 Å². The lowest BCUT2D eigenvalue weighted by Crippen LogP contribution is -2.26. The number of hydrogen-bond donors (Lipinski definition) is 3. The van der Waals surface area contributed by atoms with Crippen molar-refractivity contribution >= 4 is 29.9 Å². The second-order valence-electron chi connectivity index (χ2n) is 5.58. The average Bonchev–Trinajstić information content (AvgIpc) is 3.19. The van der Waals surface area contributed by atoms with E-state index in [1.165, 1.54) is 6.42 Å². The van der Waals surface area contributed by atoms with Crippen molar-refractivity contribution in [2.45, 2.75) is 12.8 Å². The van der Waals surface area contributed by atoms with Crippen LogP contribution >= 0.6 is 24.0 Å². The van der Waals surface area contributed by atoms with E-state index in [9.17, 15) is 4.79 Å². The molecular formula is C16H20Cl2N4O. The minimum atomic E-state index is -0.112. The maximum absolute atomic E-state index is 12.1. The number of rotatable bonds is 5. The number of aromatic amines is 1. The summed E-state index contributed by atoms with van der Waals surface area (Å²) < 4.78 is 0. The van der Waals surface area contributed by atoms with Crippen LogP contribution in [0.5, 0.6) is 0 Å². The highest BCUT2D eigenvalue weighted by molar-refractivity contribution is 6.30. The van der Waals surface area contributed by atoms with Gasteiger partial charge in [0.15, 0.2) is 0 Å². The summed E-state index contributed by atoms with van der Waals surface area (Å²) in [6, 6.07) is 9.14. The molecule has 1 aliphatic rings. The summed E-state index contributed by atoms with van der Waals surface area (Å²) in [6.07, 6.45) is 2.21. The summed E-state index contributed by atoms with van der Waals surface area (Å²) in [7, 11) is 0. The van der Waals surface area contributed by atoms with Gasteiger partial charge in [0, 0.05) is 17.1 Å². The highest BCUT2D eigenvalue weighted by Gasteiger charge is 2.15. The number of halogens is 2. The number of benzene rings is 1. The van der Waals surface area contributed by atoms with Gasteiger partial charge in [-0.05, 0) is 50.0 Å². The molecule has 1 fully saturated rings. The fraction of sp³-hybridized carbons (Fsp3) is 0.375. The van der Waals surface area contributed by atoms with Gasteiger partial charge in [-0.25, -0.2) is 0 Å². The molecule has 2 aromatic rings. The average molecular weight is 355 g/mol. The summed E-state index contributed by atoms with van der Waals surface area (Å²) in [6.45, 7) is 2.84. The normalized spacial score (nSPS) is 16.8. The molecule has 23 heavy (non-hydrogen) atoms. The van der Waals surface area contributed by atoms with Crippen LogP contribution in [-0.4, -0.2) is 35.7 Å². The van der Waals surface area contributed by atoms with Crippen LogP contribution < -0.4 is 10.6 Å². The smallest absolute Gasteiger partial charge is 0.269 e. The van der Waals surface area contributed by atoms with Gasteiger partial charge in [0.25, 0.3) is 5.91 Å². The molecule has 2 heterocycles. The molecular weight excluding hydrogens is 335 g/mol. The largest absolute Gasteiger partial charge is 0.351 e. The second kappa shape index (κ2) is 8.34. The summed E-state index contributed by atoms with van der Waals surface area (Å²) in [5.74, 6) is 0.561. The van der Waals surface area contributed by atoms with Crippen LogP contribution in [-0.2, 0) is 0 Å². The number of carbonyl (C=O) groups is 1. The summed E-state index contributed by atoms with van der Waals surface area (Å²) in [5.41, 5.74) is 2.15. The molecule has 0 radical (unpaired) electrons. The lowest BCUT2D eigenvalue weighted by Gasteiger charge is -2.08. The van der Waals surface area contributed by atoms with E-state index < -0.39 is 0 Å². The molecule has 1 aliphatic heterocycles. The van der Waals surface area contributed by atoms with E-state index in [1.807, 2.05) is 12.1 Å². The molecule has 0 aliphatic carbocycles. The maximum Gasteiger partial charge on any atom is 0.269 e. The molecule has 0 spiro atoms. The Bertz CT molecular complexity index is 636. The van der Waals surface area contributed by atoms with Gasteiger partial charge >= 0.3 is 0 Å². The zero-order valence-electron chi connectivity index (χ0n) is 12.6. The Hall–Kier alpha value is -1.56. The molecule has 1 amide bonds. The number of H-pyrrole nitrogens is 1. The Kier molecular flexibility index (Phi) is 6.45. The van der Waals surface area contributed by atoms with Crippen molar-refractivity contribution in [3.63, 3.8) is 0 Å². The Labute approximate surface area is 146 Å². The molecule has 1 unspecified atom stereocenters. The first-order valence-electron chi connectivity index (χ1n) is 7.52. The van der Waals surface area contributed by atoms with Crippen LogP contribution in [0.15, 0.2) is 30.3 Å². The molecule has 3 N–H and O–H groups in total. The molecule has 124 valence electrons. The van der Waals surface area contributed by atoms with E-state index in [0.717, 1.165) is 30.8 Å². The SMILES string of the molecule is Cl.O=C(NCCC1CCNC1)c1cc(-c2ccc(Cl)cc2)n[nH]1. The molecule has 7 heteroatoms. The first-order chi connectivity index (χ1) is 10.7. The monoisotopic (exact) mass is 354 g/mol. The zero-order valence-corrected chi connectivity index (χ0v) is 14.2. The van der Waals surface area contributed by atoms with Crippen molar-refractivity contribution in [1.82, 2.24) is 20.8 Å². The molecule has 1 aromatic carbocycles. The van der Waals surface area contributed by atoms with Crippen LogP contribution in [0.1, 0.15) is 23.3 Å². The molecule has 5 nitrogen and oxygen atoms in total. The number of nitrogens with one attached hydrogen (secondary N) is 3. The second-order valence-corrected chi connectivity index (χ2v) is 6.01. The van der Waals surface area contributed by atoms with E-state index in [-0.39, 0.29) is 18.3 Å². The van der Waals surface area contributed by atoms with Gasteiger partial charge in [0.2, 0.25) is 0 Å². The Balaban J connectivity index is 0.00000192. The first-order valence-corrected chi connectivity index (χ1v) is 7.90. The van der Waals surface area contributed by atoms with E-state index in [0.29, 0.717) is 23.2 Å².